The van der Waals surface area contributed by atoms with Crippen LogP contribution in [0.25, 0.3) is 5.76 Å². The minimum absolute atomic E-state index is 0.0567. The van der Waals surface area contributed by atoms with Gasteiger partial charge in [-0.2, -0.15) is 0 Å². The van der Waals surface area contributed by atoms with Gasteiger partial charge in [0.15, 0.2) is 0 Å². The highest BCUT2D eigenvalue weighted by Crippen LogP contribution is 2.41. The molecule has 6 heteroatoms. The summed E-state index contributed by atoms with van der Waals surface area (Å²) in [6.45, 7) is 3.88. The van der Waals surface area contributed by atoms with E-state index in [0.29, 0.717) is 11.1 Å². The number of ketones is 1. The number of aromatic nitrogens is 1. The van der Waals surface area contributed by atoms with E-state index in [1.54, 1.807) is 42.7 Å². The predicted molar refractivity (Wildman–Crippen MR) is 114 cm³/mol. The van der Waals surface area contributed by atoms with Gasteiger partial charge in [0.2, 0.25) is 0 Å². The van der Waals surface area contributed by atoms with Gasteiger partial charge in [-0.1, -0.05) is 36.4 Å². The van der Waals surface area contributed by atoms with Crippen LogP contribution in [-0.2, 0) is 16.1 Å². The maximum Gasteiger partial charge on any atom is 0.295 e. The first-order valence-corrected chi connectivity index (χ1v) is 9.88. The van der Waals surface area contributed by atoms with Crippen molar-refractivity contribution < 1.29 is 19.1 Å². The van der Waals surface area contributed by atoms with E-state index in [2.05, 4.69) is 4.98 Å². The summed E-state index contributed by atoms with van der Waals surface area (Å²) in [4.78, 5) is 31.3. The molecule has 0 spiro atoms. The highest BCUT2D eigenvalue weighted by molar-refractivity contribution is 6.46. The van der Waals surface area contributed by atoms with Gasteiger partial charge in [0.1, 0.15) is 11.6 Å². The quantitative estimate of drug-likeness (QED) is 0.387. The van der Waals surface area contributed by atoms with Crippen LogP contribution in [0.4, 0.5) is 4.39 Å². The fourth-order valence-electron chi connectivity index (χ4n) is 3.80. The van der Waals surface area contributed by atoms with Gasteiger partial charge in [-0.25, -0.2) is 4.39 Å². The second-order valence-electron chi connectivity index (χ2n) is 7.61. The van der Waals surface area contributed by atoms with Gasteiger partial charge in [-0.15, -0.1) is 0 Å². The summed E-state index contributed by atoms with van der Waals surface area (Å²) in [5, 5.41) is 11.1. The average molecular weight is 416 g/mol. The minimum Gasteiger partial charge on any atom is -0.507 e. The van der Waals surface area contributed by atoms with Crippen molar-refractivity contribution in [1.82, 2.24) is 9.88 Å². The first kappa shape index (κ1) is 20.5. The highest BCUT2D eigenvalue weighted by Gasteiger charge is 2.46. The van der Waals surface area contributed by atoms with Crippen molar-refractivity contribution >= 4 is 17.4 Å². The summed E-state index contributed by atoms with van der Waals surface area (Å²) in [6, 6.07) is 13.7. The summed E-state index contributed by atoms with van der Waals surface area (Å²) in [5.74, 6) is -2.50. The molecule has 5 nitrogen and oxygen atoms in total. The van der Waals surface area contributed by atoms with E-state index < -0.39 is 23.5 Å². The molecule has 4 rings (SSSR count). The smallest absolute Gasteiger partial charge is 0.295 e. The van der Waals surface area contributed by atoms with E-state index in [1.165, 1.54) is 23.1 Å². The molecule has 0 saturated carbocycles. The Morgan fingerprint density at radius 3 is 2.52 bits per heavy atom. The second kappa shape index (κ2) is 8.14. The second-order valence-corrected chi connectivity index (χ2v) is 7.61. The number of hydrogen-bond acceptors (Lipinski definition) is 4. The Morgan fingerprint density at radius 2 is 1.84 bits per heavy atom. The fourth-order valence-corrected chi connectivity index (χ4v) is 3.80. The van der Waals surface area contributed by atoms with Gasteiger partial charge in [0.05, 0.1) is 11.6 Å². The Kier molecular flexibility index (Phi) is 5.38. The molecule has 1 fully saturated rings. The Balaban J connectivity index is 1.90. The van der Waals surface area contributed by atoms with E-state index in [1.807, 2.05) is 19.9 Å². The van der Waals surface area contributed by atoms with Crippen molar-refractivity contribution in [2.75, 3.05) is 0 Å². The maximum absolute atomic E-state index is 14.8. The molecule has 1 unspecified atom stereocenters. The monoisotopic (exact) mass is 416 g/mol. The van der Waals surface area contributed by atoms with E-state index >= 15 is 0 Å². The zero-order valence-corrected chi connectivity index (χ0v) is 17.2. The maximum atomic E-state index is 14.8. The van der Waals surface area contributed by atoms with Crippen LogP contribution in [-0.4, -0.2) is 26.7 Å². The van der Waals surface area contributed by atoms with Crippen LogP contribution < -0.4 is 0 Å². The molecule has 1 aromatic heterocycles. The van der Waals surface area contributed by atoms with Crippen LogP contribution in [0.2, 0.25) is 0 Å². The van der Waals surface area contributed by atoms with Crippen molar-refractivity contribution in [2.45, 2.75) is 26.4 Å². The molecular weight excluding hydrogens is 395 g/mol. The zero-order valence-electron chi connectivity index (χ0n) is 17.2. The number of pyridine rings is 1. The molecule has 0 radical (unpaired) electrons. The van der Waals surface area contributed by atoms with E-state index in [-0.39, 0.29) is 23.4 Å². The summed E-state index contributed by atoms with van der Waals surface area (Å²) < 4.78 is 14.8. The molecule has 1 amide bonds. The van der Waals surface area contributed by atoms with Crippen molar-refractivity contribution in [1.29, 1.82) is 0 Å². The van der Waals surface area contributed by atoms with Crippen molar-refractivity contribution in [3.8, 4) is 0 Å². The molecule has 31 heavy (non-hydrogen) atoms. The molecule has 2 aromatic carbocycles. The van der Waals surface area contributed by atoms with E-state index in [0.717, 1.165) is 11.1 Å². The largest absolute Gasteiger partial charge is 0.507 e. The van der Waals surface area contributed by atoms with Gasteiger partial charge in [-0.3, -0.25) is 14.6 Å². The number of carbonyl (C=O) groups excluding carboxylic acids is 2. The molecule has 1 saturated heterocycles. The molecule has 1 aliphatic heterocycles. The molecular formula is C25H21FN2O3. The number of carbonyl (C=O) groups is 2. The topological polar surface area (TPSA) is 70.5 Å². The van der Waals surface area contributed by atoms with Gasteiger partial charge >= 0.3 is 0 Å². The van der Waals surface area contributed by atoms with Crippen molar-refractivity contribution in [3.05, 3.63) is 106 Å². The standard InChI is InChI=1S/C25H21FN2O3/c1-15-9-10-18(12-16(15)2)23(29)21-22(19-7-3-4-8-20(19)26)28(25(31)24(21)30)14-17-6-5-11-27-13-17/h3-13,22,29H,14H2,1-2H3/b23-21+. The normalized spacial score (nSPS) is 17.9. The number of aliphatic hydroxyl groups is 1. The number of Topliss-reactive ketones (excluding diaryl/α,β-unsaturated/α-hetero) is 1. The van der Waals surface area contributed by atoms with Crippen LogP contribution in [0.15, 0.2) is 72.6 Å². The van der Waals surface area contributed by atoms with Crippen molar-refractivity contribution in [2.24, 2.45) is 0 Å². The lowest BCUT2D eigenvalue weighted by atomic mass is 9.94. The predicted octanol–water partition coefficient (Wildman–Crippen LogP) is 4.46. The number of aliphatic hydroxyl groups excluding tert-OH is 1. The summed E-state index contributed by atoms with van der Waals surface area (Å²) in [5.41, 5.74) is 3.08. The Bertz CT molecular complexity index is 1200. The number of benzene rings is 2. The summed E-state index contributed by atoms with van der Waals surface area (Å²) in [7, 11) is 0. The van der Waals surface area contributed by atoms with E-state index in [9.17, 15) is 19.1 Å². The number of hydrogen-bond donors (Lipinski definition) is 1. The van der Waals surface area contributed by atoms with Crippen LogP contribution >= 0.6 is 0 Å². The van der Waals surface area contributed by atoms with Crippen LogP contribution in [0.5, 0.6) is 0 Å². The first-order valence-electron chi connectivity index (χ1n) is 9.88. The lowest BCUT2D eigenvalue weighted by Crippen LogP contribution is -2.29. The number of likely N-dealkylation sites (tertiary alicyclic amines) is 1. The minimum atomic E-state index is -1.05. The lowest BCUT2D eigenvalue weighted by molar-refractivity contribution is -0.140. The molecule has 3 aromatic rings. The first-order chi connectivity index (χ1) is 14.9. The molecule has 1 atom stereocenters. The number of amides is 1. The highest BCUT2D eigenvalue weighted by atomic mass is 19.1. The van der Waals surface area contributed by atoms with Gasteiger partial charge in [0.25, 0.3) is 11.7 Å². The molecule has 1 aliphatic rings. The third kappa shape index (κ3) is 3.72. The van der Waals surface area contributed by atoms with Crippen LogP contribution in [0, 0.1) is 19.7 Å². The van der Waals surface area contributed by atoms with Crippen LogP contribution in [0.1, 0.15) is 33.9 Å². The molecule has 156 valence electrons. The van der Waals surface area contributed by atoms with Crippen molar-refractivity contribution in [3.63, 3.8) is 0 Å². The number of rotatable bonds is 4. The SMILES string of the molecule is Cc1ccc(/C(O)=C2\C(=O)C(=O)N(Cc3cccnc3)C2c2ccccc2F)cc1C. The van der Waals surface area contributed by atoms with E-state index in [4.69, 9.17) is 0 Å². The van der Waals surface area contributed by atoms with Gasteiger partial charge < -0.3 is 10.0 Å². The number of halogens is 1. The molecule has 1 N–H and O–H groups in total. The van der Waals surface area contributed by atoms with Gasteiger partial charge in [0, 0.05) is 30.1 Å². The van der Waals surface area contributed by atoms with Gasteiger partial charge in [-0.05, 0) is 48.7 Å². The lowest BCUT2D eigenvalue weighted by Gasteiger charge is -2.25. The summed E-state index contributed by atoms with van der Waals surface area (Å²) in [6.07, 6.45) is 3.19. The molecule has 2 heterocycles. The number of nitrogens with zero attached hydrogens (tertiary/aromatic N) is 2. The summed E-state index contributed by atoms with van der Waals surface area (Å²) >= 11 is 0. The Hall–Kier alpha value is -3.80. The van der Waals surface area contributed by atoms with Crippen LogP contribution in [0.3, 0.4) is 0 Å². The number of aryl methyl sites for hydroxylation is 2. The average Bonchev–Trinajstić information content (AvgIpc) is 3.01. The Morgan fingerprint density at radius 1 is 1.06 bits per heavy atom. The fraction of sp³-hybridized carbons (Fsp3) is 0.160. The third-order valence-corrected chi connectivity index (χ3v) is 5.60. The Labute approximate surface area is 179 Å². The molecule has 0 bridgehead atoms. The zero-order chi connectivity index (χ0) is 22.1. The molecule has 0 aliphatic carbocycles. The third-order valence-electron chi connectivity index (χ3n) is 5.60.